The molecule has 0 aliphatic carbocycles. The van der Waals surface area contributed by atoms with Crippen molar-refractivity contribution >= 4 is 34.3 Å². The molecule has 0 fully saturated rings. The number of rotatable bonds is 5. The highest BCUT2D eigenvalue weighted by Gasteiger charge is 2.41. The number of nitrogens with zero attached hydrogens (tertiary/aromatic N) is 2. The Labute approximate surface area is 197 Å². The summed E-state index contributed by atoms with van der Waals surface area (Å²) in [6.07, 6.45) is 2.11. The number of imide groups is 1. The Bertz CT molecular complexity index is 1370. The number of aromatic nitrogens is 1. The summed E-state index contributed by atoms with van der Waals surface area (Å²) in [5, 5.41) is 4.53. The van der Waals surface area contributed by atoms with Gasteiger partial charge in [0.15, 0.2) is 6.61 Å². The molecule has 2 aromatic carbocycles. The van der Waals surface area contributed by atoms with Crippen LogP contribution in [-0.2, 0) is 14.4 Å². The van der Waals surface area contributed by atoms with E-state index in [1.165, 1.54) is 11.8 Å². The van der Waals surface area contributed by atoms with E-state index in [-0.39, 0.29) is 36.9 Å². The summed E-state index contributed by atoms with van der Waals surface area (Å²) in [6, 6.07) is 13.6. The molecule has 3 aromatic rings. The van der Waals surface area contributed by atoms with E-state index in [1.54, 1.807) is 12.1 Å². The molecule has 0 bridgehead atoms. The Hall–Kier alpha value is -4.07. The minimum atomic E-state index is -0.552. The van der Waals surface area contributed by atoms with Crippen LogP contribution in [0.2, 0.25) is 0 Å². The van der Waals surface area contributed by atoms with Crippen LogP contribution in [0.25, 0.3) is 10.9 Å². The maximum atomic E-state index is 13.5. The van der Waals surface area contributed by atoms with Crippen LogP contribution in [0.1, 0.15) is 43.9 Å². The number of carbonyl (C=O) groups excluding carboxylic acids is 3. The predicted octanol–water partition coefficient (Wildman–Crippen LogP) is 3.29. The van der Waals surface area contributed by atoms with E-state index in [1.807, 2.05) is 24.3 Å². The Balaban J connectivity index is 1.70. The van der Waals surface area contributed by atoms with Crippen LogP contribution in [-0.4, -0.2) is 40.3 Å². The fourth-order valence-electron chi connectivity index (χ4n) is 4.92. The van der Waals surface area contributed by atoms with Crippen molar-refractivity contribution in [3.8, 4) is 5.75 Å². The fourth-order valence-corrected chi connectivity index (χ4v) is 4.92. The molecule has 3 amide bonds. The monoisotopic (exact) mass is 458 g/mol. The molecule has 3 heterocycles. The number of amides is 3. The van der Waals surface area contributed by atoms with Gasteiger partial charge in [-0.3, -0.25) is 19.3 Å². The molecule has 0 spiro atoms. The van der Waals surface area contributed by atoms with E-state index in [2.05, 4.69) is 36.0 Å². The van der Waals surface area contributed by atoms with Gasteiger partial charge in [-0.25, -0.2) is 0 Å². The van der Waals surface area contributed by atoms with E-state index >= 15 is 0 Å². The van der Waals surface area contributed by atoms with Crippen molar-refractivity contribution in [1.82, 2.24) is 9.47 Å². The van der Waals surface area contributed by atoms with Gasteiger partial charge in [-0.15, -0.1) is 0 Å². The third-order valence-electron chi connectivity index (χ3n) is 6.42. The highest BCUT2D eigenvalue weighted by Crippen LogP contribution is 2.47. The lowest BCUT2D eigenvalue weighted by molar-refractivity contribution is -0.139. The van der Waals surface area contributed by atoms with Crippen molar-refractivity contribution in [1.29, 1.82) is 0 Å². The van der Waals surface area contributed by atoms with Gasteiger partial charge in [0.25, 0.3) is 11.8 Å². The maximum absolute atomic E-state index is 13.5. The van der Waals surface area contributed by atoms with Gasteiger partial charge >= 0.3 is 0 Å². The largest absolute Gasteiger partial charge is 0.484 e. The number of hydrogen-bond donors (Lipinski definition) is 2. The van der Waals surface area contributed by atoms with E-state index in [4.69, 9.17) is 10.5 Å². The predicted molar refractivity (Wildman–Crippen MR) is 128 cm³/mol. The Morgan fingerprint density at radius 3 is 2.56 bits per heavy atom. The van der Waals surface area contributed by atoms with Crippen LogP contribution in [0.3, 0.4) is 0 Å². The molecule has 0 saturated carbocycles. The van der Waals surface area contributed by atoms with Gasteiger partial charge in [-0.05, 0) is 49.2 Å². The second-order valence-electron chi connectivity index (χ2n) is 8.97. The summed E-state index contributed by atoms with van der Waals surface area (Å²) < 4.78 is 7.63. The minimum Gasteiger partial charge on any atom is -0.484 e. The summed E-state index contributed by atoms with van der Waals surface area (Å²) in [4.78, 5) is 38.1. The average Bonchev–Trinajstić information content (AvgIpc) is 3.29. The molecule has 174 valence electrons. The molecule has 1 atom stereocenters. The number of hydrogen-bond acceptors (Lipinski definition) is 5. The van der Waals surface area contributed by atoms with Gasteiger partial charge in [-0.1, -0.05) is 18.2 Å². The van der Waals surface area contributed by atoms with E-state index in [0.717, 1.165) is 33.4 Å². The third kappa shape index (κ3) is 3.42. The molecule has 1 aromatic heterocycles. The van der Waals surface area contributed by atoms with Crippen LogP contribution < -0.4 is 15.8 Å². The van der Waals surface area contributed by atoms with Crippen molar-refractivity contribution in [3.63, 3.8) is 0 Å². The molecule has 8 nitrogen and oxygen atoms in total. The number of nitrogens with two attached hydrogens (primary N) is 1. The maximum Gasteiger partial charge on any atom is 0.259 e. The van der Waals surface area contributed by atoms with Crippen molar-refractivity contribution in [3.05, 3.63) is 71.1 Å². The molecule has 2 aliphatic heterocycles. The number of ether oxygens (including phenoxy) is 1. The number of primary amides is 1. The van der Waals surface area contributed by atoms with Gasteiger partial charge in [0.1, 0.15) is 5.75 Å². The van der Waals surface area contributed by atoms with Crippen LogP contribution in [0.5, 0.6) is 5.75 Å². The number of nitrogens with one attached hydrogen (secondary N) is 1. The van der Waals surface area contributed by atoms with Crippen molar-refractivity contribution in [2.45, 2.75) is 32.7 Å². The second kappa shape index (κ2) is 8.06. The highest BCUT2D eigenvalue weighted by atomic mass is 16.5. The molecule has 2 aliphatic rings. The summed E-state index contributed by atoms with van der Waals surface area (Å²) in [6.45, 7) is 5.66. The summed E-state index contributed by atoms with van der Waals surface area (Å²) in [5.74, 6) is -0.990. The third-order valence-corrected chi connectivity index (χ3v) is 6.42. The topological polar surface area (TPSA) is 107 Å². The molecule has 0 radical (unpaired) electrons. The standard InChI is InChI=1S/C26H26N4O4/c1-14(2)29-11-18-23(16-7-9-17(10-8-16)34-13-22(27)32)25-20(12-30(15(3)31)26(25)33)28-19-5-4-6-21(29)24(18)19/h4-11,14,23,28H,12-13H2,1-3H3,(H2,27,32). The van der Waals surface area contributed by atoms with Gasteiger partial charge in [0.2, 0.25) is 5.91 Å². The van der Waals surface area contributed by atoms with Gasteiger partial charge < -0.3 is 20.4 Å². The van der Waals surface area contributed by atoms with E-state index < -0.39 is 5.91 Å². The lowest BCUT2D eigenvalue weighted by Gasteiger charge is -2.20. The molecular weight excluding hydrogens is 432 g/mol. The zero-order valence-corrected chi connectivity index (χ0v) is 19.3. The van der Waals surface area contributed by atoms with Crippen molar-refractivity contribution in [2.24, 2.45) is 5.73 Å². The summed E-state index contributed by atoms with van der Waals surface area (Å²) in [5.41, 5.74) is 10.4. The Kier molecular flexibility index (Phi) is 5.16. The van der Waals surface area contributed by atoms with Gasteiger partial charge in [-0.2, -0.15) is 0 Å². The van der Waals surface area contributed by atoms with Gasteiger partial charge in [0.05, 0.1) is 17.6 Å². The summed E-state index contributed by atoms with van der Waals surface area (Å²) in [7, 11) is 0. The SMILES string of the molecule is CC(=O)N1CC2=C(C1=O)C(c1ccc(OCC(N)=O)cc1)c1cn(C(C)C)c3cccc(c13)N2. The van der Waals surface area contributed by atoms with E-state index in [9.17, 15) is 14.4 Å². The first-order valence-corrected chi connectivity index (χ1v) is 11.2. The molecule has 34 heavy (non-hydrogen) atoms. The average molecular weight is 459 g/mol. The molecule has 0 saturated heterocycles. The smallest absolute Gasteiger partial charge is 0.259 e. The molecule has 5 rings (SSSR count). The van der Waals surface area contributed by atoms with Crippen molar-refractivity contribution in [2.75, 3.05) is 18.5 Å². The molecule has 1 unspecified atom stereocenters. The van der Waals surface area contributed by atoms with Crippen LogP contribution in [0.15, 0.2) is 59.9 Å². The second-order valence-corrected chi connectivity index (χ2v) is 8.97. The number of anilines is 1. The van der Waals surface area contributed by atoms with Crippen LogP contribution >= 0.6 is 0 Å². The quantitative estimate of drug-likeness (QED) is 0.610. The lowest BCUT2D eigenvalue weighted by atomic mass is 9.84. The zero-order chi connectivity index (χ0) is 24.1. The Morgan fingerprint density at radius 1 is 1.18 bits per heavy atom. The first-order valence-electron chi connectivity index (χ1n) is 11.2. The first kappa shape index (κ1) is 21.8. The number of benzene rings is 2. The van der Waals surface area contributed by atoms with Crippen molar-refractivity contribution < 1.29 is 19.1 Å². The molecule has 8 heteroatoms. The van der Waals surface area contributed by atoms with Crippen LogP contribution in [0.4, 0.5) is 5.69 Å². The Morgan fingerprint density at radius 2 is 1.91 bits per heavy atom. The molecule has 3 N–H and O–H groups in total. The number of carbonyl (C=O) groups is 3. The normalized spacial score (nSPS) is 17.1. The summed E-state index contributed by atoms with van der Waals surface area (Å²) >= 11 is 0. The first-order chi connectivity index (χ1) is 16.3. The molecular formula is C26H26N4O4. The van der Waals surface area contributed by atoms with Gasteiger partial charge in [0, 0.05) is 41.9 Å². The lowest BCUT2D eigenvalue weighted by Crippen LogP contribution is -2.33. The van der Waals surface area contributed by atoms with Crippen LogP contribution in [0, 0.1) is 0 Å². The minimum absolute atomic E-state index is 0.209. The fraction of sp³-hybridized carbons (Fsp3) is 0.269. The zero-order valence-electron chi connectivity index (χ0n) is 19.3. The highest BCUT2D eigenvalue weighted by molar-refractivity contribution is 6.11. The van der Waals surface area contributed by atoms with E-state index in [0.29, 0.717) is 11.3 Å².